The second-order valence-corrected chi connectivity index (χ2v) is 7.32. The van der Waals surface area contributed by atoms with Crippen LogP contribution in [0, 0.1) is 0 Å². The Labute approximate surface area is 127 Å². The molecule has 1 aliphatic heterocycles. The van der Waals surface area contributed by atoms with E-state index in [-0.39, 0.29) is 0 Å². The van der Waals surface area contributed by atoms with Gasteiger partial charge in [-0.1, -0.05) is 29.3 Å². The highest BCUT2D eigenvalue weighted by Crippen LogP contribution is 2.39. The molecular formula is C14H17Cl2NOS. The lowest BCUT2D eigenvalue weighted by atomic mass is 10.0. The summed E-state index contributed by atoms with van der Waals surface area (Å²) in [6.45, 7) is 0.657. The van der Waals surface area contributed by atoms with Crippen molar-refractivity contribution in [3.05, 3.63) is 33.3 Å². The van der Waals surface area contributed by atoms with Crippen molar-refractivity contribution in [3.8, 4) is 0 Å². The maximum Gasteiger partial charge on any atom is 0.0869 e. The molecule has 2 N–H and O–H groups in total. The summed E-state index contributed by atoms with van der Waals surface area (Å²) in [5.74, 6) is 1.89. The van der Waals surface area contributed by atoms with E-state index in [1.807, 2.05) is 17.8 Å². The van der Waals surface area contributed by atoms with E-state index in [2.05, 4.69) is 11.4 Å². The average molecular weight is 318 g/mol. The molecule has 1 saturated heterocycles. The normalized spacial score (nSPS) is 29.7. The highest BCUT2D eigenvalue weighted by molar-refractivity contribution is 7.99. The molecule has 1 fully saturated rings. The van der Waals surface area contributed by atoms with Gasteiger partial charge in [0.2, 0.25) is 0 Å². The monoisotopic (exact) mass is 317 g/mol. The first kappa shape index (κ1) is 14.0. The third kappa shape index (κ3) is 2.77. The maximum absolute atomic E-state index is 10.4. The Morgan fingerprint density at radius 3 is 3.00 bits per heavy atom. The number of hydrogen-bond donors (Lipinski definition) is 2. The highest BCUT2D eigenvalue weighted by Gasteiger charge is 2.33. The van der Waals surface area contributed by atoms with E-state index < -0.39 is 5.60 Å². The van der Waals surface area contributed by atoms with E-state index in [1.54, 1.807) is 0 Å². The summed E-state index contributed by atoms with van der Waals surface area (Å²) in [7, 11) is 0. The molecule has 5 heteroatoms. The number of halogens is 2. The quantitative estimate of drug-likeness (QED) is 0.895. The Hall–Kier alpha value is 0.0700. The molecule has 1 aromatic carbocycles. The predicted molar refractivity (Wildman–Crippen MR) is 82.4 cm³/mol. The number of nitrogens with one attached hydrogen (secondary N) is 1. The van der Waals surface area contributed by atoms with Crippen LogP contribution in [0.15, 0.2) is 12.1 Å². The SMILES string of the molecule is OC1(CNC2CCc3c2ccc(Cl)c3Cl)CCSC1. The van der Waals surface area contributed by atoms with Gasteiger partial charge in [-0.05, 0) is 42.2 Å². The zero-order chi connectivity index (χ0) is 13.5. The van der Waals surface area contributed by atoms with Gasteiger partial charge in [0.05, 0.1) is 15.6 Å². The number of rotatable bonds is 3. The van der Waals surface area contributed by atoms with Crippen molar-refractivity contribution in [2.45, 2.75) is 30.9 Å². The van der Waals surface area contributed by atoms with E-state index in [4.69, 9.17) is 23.2 Å². The van der Waals surface area contributed by atoms with Crippen LogP contribution in [0.25, 0.3) is 0 Å². The van der Waals surface area contributed by atoms with E-state index in [0.29, 0.717) is 22.6 Å². The minimum atomic E-state index is -0.538. The van der Waals surface area contributed by atoms with Gasteiger partial charge < -0.3 is 10.4 Å². The van der Waals surface area contributed by atoms with Crippen LogP contribution >= 0.6 is 35.0 Å². The Kier molecular flexibility index (Phi) is 4.03. The van der Waals surface area contributed by atoms with Gasteiger partial charge in [-0.2, -0.15) is 11.8 Å². The van der Waals surface area contributed by atoms with Gasteiger partial charge in [0.1, 0.15) is 0 Å². The molecule has 1 aliphatic carbocycles. The van der Waals surface area contributed by atoms with Gasteiger partial charge in [-0.15, -0.1) is 0 Å². The summed E-state index contributed by atoms with van der Waals surface area (Å²) in [4.78, 5) is 0. The lowest BCUT2D eigenvalue weighted by Crippen LogP contribution is -2.41. The van der Waals surface area contributed by atoms with Crippen molar-refractivity contribution >= 4 is 35.0 Å². The fourth-order valence-corrected chi connectivity index (χ4v) is 4.63. The average Bonchev–Trinajstić information content (AvgIpc) is 2.99. The topological polar surface area (TPSA) is 32.3 Å². The fraction of sp³-hybridized carbons (Fsp3) is 0.571. The van der Waals surface area contributed by atoms with E-state index in [0.717, 1.165) is 30.8 Å². The zero-order valence-electron chi connectivity index (χ0n) is 10.6. The van der Waals surface area contributed by atoms with Crippen molar-refractivity contribution < 1.29 is 5.11 Å². The molecule has 104 valence electrons. The van der Waals surface area contributed by atoms with Crippen LogP contribution in [0.1, 0.15) is 30.0 Å². The molecule has 0 amide bonds. The number of fused-ring (bicyclic) bond motifs is 1. The van der Waals surface area contributed by atoms with Gasteiger partial charge in [0.15, 0.2) is 0 Å². The molecular weight excluding hydrogens is 301 g/mol. The molecule has 0 spiro atoms. The number of aliphatic hydroxyl groups is 1. The predicted octanol–water partition coefficient (Wildman–Crippen LogP) is 3.44. The summed E-state index contributed by atoms with van der Waals surface area (Å²) in [6, 6.07) is 4.21. The molecule has 0 radical (unpaired) electrons. The van der Waals surface area contributed by atoms with Crippen molar-refractivity contribution in [2.24, 2.45) is 0 Å². The standard InChI is InChI=1S/C14H17Cl2NOS/c15-11-3-1-9-10(13(11)16)2-4-12(9)17-7-14(18)5-6-19-8-14/h1,3,12,17-18H,2,4-8H2. The first-order valence-corrected chi connectivity index (χ1v) is 8.50. The Bertz CT molecular complexity index is 489. The lowest BCUT2D eigenvalue weighted by molar-refractivity contribution is 0.0646. The Morgan fingerprint density at radius 1 is 1.42 bits per heavy atom. The van der Waals surface area contributed by atoms with Crippen LogP contribution in [-0.2, 0) is 6.42 Å². The second kappa shape index (κ2) is 5.45. The van der Waals surface area contributed by atoms with E-state index in [9.17, 15) is 5.11 Å². The third-order valence-electron chi connectivity index (χ3n) is 4.05. The van der Waals surface area contributed by atoms with Crippen molar-refractivity contribution in [1.82, 2.24) is 5.32 Å². The van der Waals surface area contributed by atoms with E-state index >= 15 is 0 Å². The smallest absolute Gasteiger partial charge is 0.0869 e. The zero-order valence-corrected chi connectivity index (χ0v) is 12.9. The van der Waals surface area contributed by atoms with Gasteiger partial charge in [-0.3, -0.25) is 0 Å². The first-order chi connectivity index (χ1) is 9.09. The lowest BCUT2D eigenvalue weighted by Gasteiger charge is -2.24. The van der Waals surface area contributed by atoms with Gasteiger partial charge >= 0.3 is 0 Å². The molecule has 0 saturated carbocycles. The van der Waals surface area contributed by atoms with Crippen LogP contribution in [0.3, 0.4) is 0 Å². The van der Waals surface area contributed by atoms with Crippen molar-refractivity contribution in [3.63, 3.8) is 0 Å². The molecule has 2 unspecified atom stereocenters. The second-order valence-electron chi connectivity index (χ2n) is 5.43. The molecule has 2 atom stereocenters. The molecule has 2 nitrogen and oxygen atoms in total. The molecule has 3 rings (SSSR count). The largest absolute Gasteiger partial charge is 0.388 e. The van der Waals surface area contributed by atoms with Crippen LogP contribution in [0.2, 0.25) is 10.0 Å². The summed E-state index contributed by atoms with van der Waals surface area (Å²) in [5, 5.41) is 15.2. The maximum atomic E-state index is 10.4. The minimum Gasteiger partial charge on any atom is -0.388 e. The van der Waals surface area contributed by atoms with Crippen LogP contribution in [0.4, 0.5) is 0 Å². The molecule has 1 aromatic rings. The molecule has 0 bridgehead atoms. The number of thioether (sulfide) groups is 1. The number of hydrogen-bond acceptors (Lipinski definition) is 3. The summed E-state index contributed by atoms with van der Waals surface area (Å²) < 4.78 is 0. The Balaban J connectivity index is 1.71. The van der Waals surface area contributed by atoms with Gasteiger partial charge in [-0.25, -0.2) is 0 Å². The van der Waals surface area contributed by atoms with Crippen molar-refractivity contribution in [2.75, 3.05) is 18.1 Å². The van der Waals surface area contributed by atoms with Crippen LogP contribution < -0.4 is 5.32 Å². The molecule has 0 aromatic heterocycles. The summed E-state index contributed by atoms with van der Waals surface area (Å²) in [6.07, 6.45) is 2.86. The van der Waals surface area contributed by atoms with Gasteiger partial charge in [0, 0.05) is 18.3 Å². The summed E-state index contributed by atoms with van der Waals surface area (Å²) >= 11 is 14.1. The first-order valence-electron chi connectivity index (χ1n) is 6.59. The molecule has 1 heterocycles. The van der Waals surface area contributed by atoms with Crippen LogP contribution in [0.5, 0.6) is 0 Å². The minimum absolute atomic E-state index is 0.291. The third-order valence-corrected chi connectivity index (χ3v) is 6.13. The van der Waals surface area contributed by atoms with E-state index in [1.165, 1.54) is 11.1 Å². The summed E-state index contributed by atoms with van der Waals surface area (Å²) in [5.41, 5.74) is 1.87. The highest BCUT2D eigenvalue weighted by atomic mass is 35.5. The molecule has 2 aliphatic rings. The van der Waals surface area contributed by atoms with Gasteiger partial charge in [0.25, 0.3) is 0 Å². The van der Waals surface area contributed by atoms with Crippen molar-refractivity contribution in [1.29, 1.82) is 0 Å². The number of benzene rings is 1. The Morgan fingerprint density at radius 2 is 2.26 bits per heavy atom. The fourth-order valence-electron chi connectivity index (χ4n) is 2.89. The molecule has 19 heavy (non-hydrogen) atoms. The van der Waals surface area contributed by atoms with Crippen LogP contribution in [-0.4, -0.2) is 28.8 Å².